The molecule has 4 nitrogen and oxygen atoms in total. The second-order valence-electron chi connectivity index (χ2n) is 5.97. The molecule has 1 saturated heterocycles. The summed E-state index contributed by atoms with van der Waals surface area (Å²) in [6.45, 7) is 2.01. The topological polar surface area (TPSA) is 55.1 Å². The van der Waals surface area contributed by atoms with Gasteiger partial charge in [0.25, 0.3) is 5.91 Å². The molecule has 0 bridgehead atoms. The lowest BCUT2D eigenvalue weighted by Gasteiger charge is -2.31. The number of carbonyl (C=O) groups is 1. The Morgan fingerprint density at radius 3 is 2.88 bits per heavy atom. The van der Waals surface area contributed by atoms with Gasteiger partial charge in [0, 0.05) is 39.7 Å². The number of fused-ring (bicyclic) bond motifs is 2. The summed E-state index contributed by atoms with van der Waals surface area (Å²) in [5, 5.41) is 2.84. The molecule has 1 N–H and O–H groups in total. The van der Waals surface area contributed by atoms with Crippen LogP contribution in [0.15, 0.2) is 27.2 Å². The quantitative estimate of drug-likeness (QED) is 0.737. The molecule has 1 amide bonds. The van der Waals surface area contributed by atoms with E-state index in [-0.39, 0.29) is 9.99 Å². The van der Waals surface area contributed by atoms with Gasteiger partial charge in [0.1, 0.15) is 11.6 Å². The van der Waals surface area contributed by atoms with Gasteiger partial charge in [0.2, 0.25) is 0 Å². The van der Waals surface area contributed by atoms with E-state index < -0.39 is 0 Å². The second-order valence-corrected chi connectivity index (χ2v) is 9.94. The molecular weight excluding hydrogens is 408 g/mol. The van der Waals surface area contributed by atoms with Crippen molar-refractivity contribution in [2.75, 3.05) is 16.8 Å². The van der Waals surface area contributed by atoms with Crippen LogP contribution in [0.25, 0.3) is 0 Å². The molecule has 24 heavy (non-hydrogen) atoms. The third kappa shape index (κ3) is 2.80. The summed E-state index contributed by atoms with van der Waals surface area (Å²) in [5.74, 6) is 4.06. The minimum Gasteiger partial charge on any atom is -0.455 e. The molecule has 2 aliphatic rings. The molecule has 0 saturated carbocycles. The van der Waals surface area contributed by atoms with Crippen molar-refractivity contribution >= 4 is 51.2 Å². The third-order valence-corrected chi connectivity index (χ3v) is 8.44. The number of aryl methyl sites for hydroxylation is 1. The van der Waals surface area contributed by atoms with Crippen molar-refractivity contribution in [3.8, 4) is 0 Å². The van der Waals surface area contributed by atoms with E-state index in [9.17, 15) is 4.79 Å². The molecule has 3 heterocycles. The largest absolute Gasteiger partial charge is 0.455 e. The molecule has 7 heteroatoms. The first-order valence-electron chi connectivity index (χ1n) is 7.93. The highest BCUT2D eigenvalue weighted by atomic mass is 79.9. The Bertz CT molecular complexity index is 783. The molecule has 0 unspecified atom stereocenters. The number of carbonyl (C=O) groups excluding carboxylic acids is 1. The van der Waals surface area contributed by atoms with Gasteiger partial charge >= 0.3 is 0 Å². The minimum absolute atomic E-state index is 0.0928. The minimum atomic E-state index is -0.222. The SMILES string of the molecule is Cc1c(C(=O)Nc2ccc(Br)cn2)oc2c1C1(CCC2)SCCS1. The van der Waals surface area contributed by atoms with Crippen LogP contribution >= 0.6 is 39.5 Å². The van der Waals surface area contributed by atoms with Crippen LogP contribution in [0.4, 0.5) is 5.82 Å². The van der Waals surface area contributed by atoms with E-state index in [4.69, 9.17) is 4.42 Å². The number of thioether (sulfide) groups is 2. The molecule has 1 fully saturated rings. The van der Waals surface area contributed by atoms with E-state index >= 15 is 0 Å². The van der Waals surface area contributed by atoms with Crippen LogP contribution in [0.2, 0.25) is 0 Å². The molecule has 2 aromatic heterocycles. The molecule has 0 aromatic carbocycles. The van der Waals surface area contributed by atoms with Gasteiger partial charge in [-0.05, 0) is 47.8 Å². The van der Waals surface area contributed by atoms with Crippen LogP contribution in [-0.4, -0.2) is 22.4 Å². The summed E-state index contributed by atoms with van der Waals surface area (Å²) in [5.41, 5.74) is 2.25. The standard InChI is InChI=1S/C17H17BrN2O2S2/c1-10-14-12(3-2-6-17(14)23-7-8-24-17)22-15(10)16(21)20-13-5-4-11(18)9-19-13/h4-5,9H,2-3,6-8H2,1H3,(H,19,20,21). The van der Waals surface area contributed by atoms with E-state index in [1.807, 2.05) is 36.5 Å². The lowest BCUT2D eigenvalue weighted by molar-refractivity contribution is 0.0993. The normalized spacial score (nSPS) is 18.6. The highest BCUT2D eigenvalue weighted by Gasteiger charge is 2.45. The number of nitrogens with zero attached hydrogens (tertiary/aromatic N) is 1. The van der Waals surface area contributed by atoms with Gasteiger partial charge in [-0.2, -0.15) is 0 Å². The maximum absolute atomic E-state index is 12.7. The van der Waals surface area contributed by atoms with E-state index in [2.05, 4.69) is 26.2 Å². The highest BCUT2D eigenvalue weighted by Crippen LogP contribution is 2.59. The average molecular weight is 425 g/mol. The van der Waals surface area contributed by atoms with Crippen LogP contribution < -0.4 is 5.32 Å². The molecule has 0 radical (unpaired) electrons. The summed E-state index contributed by atoms with van der Waals surface area (Å²) in [7, 11) is 0. The van der Waals surface area contributed by atoms with Gasteiger partial charge in [-0.3, -0.25) is 4.79 Å². The first-order chi connectivity index (χ1) is 11.6. The summed E-state index contributed by atoms with van der Waals surface area (Å²) in [6, 6.07) is 3.62. The first-order valence-corrected chi connectivity index (χ1v) is 10.7. The molecule has 2 aromatic rings. The van der Waals surface area contributed by atoms with Gasteiger partial charge in [0.05, 0.1) is 4.08 Å². The van der Waals surface area contributed by atoms with Crippen LogP contribution in [-0.2, 0) is 10.5 Å². The van der Waals surface area contributed by atoms with Crippen LogP contribution in [0.3, 0.4) is 0 Å². The molecule has 4 rings (SSSR count). The highest BCUT2D eigenvalue weighted by molar-refractivity contribution is 9.10. The molecule has 1 spiro atoms. The lowest BCUT2D eigenvalue weighted by Crippen LogP contribution is -2.21. The number of aromatic nitrogens is 1. The van der Waals surface area contributed by atoms with E-state index in [1.54, 1.807) is 12.3 Å². The van der Waals surface area contributed by atoms with Crippen LogP contribution in [0, 0.1) is 6.92 Å². The number of nitrogens with one attached hydrogen (secondary N) is 1. The third-order valence-electron chi connectivity index (χ3n) is 4.44. The Morgan fingerprint density at radius 2 is 2.17 bits per heavy atom. The summed E-state index contributed by atoms with van der Waals surface area (Å²) in [6.07, 6.45) is 4.86. The maximum atomic E-state index is 12.7. The van der Waals surface area contributed by atoms with Gasteiger partial charge in [-0.15, -0.1) is 23.5 Å². The predicted molar refractivity (Wildman–Crippen MR) is 103 cm³/mol. The number of hydrogen-bond donors (Lipinski definition) is 1. The second kappa shape index (κ2) is 6.42. The zero-order valence-electron chi connectivity index (χ0n) is 13.2. The molecule has 1 aliphatic carbocycles. The number of furan rings is 1. The Balaban J connectivity index is 1.66. The number of amides is 1. The predicted octanol–water partition coefficient (Wildman–Crippen LogP) is 4.97. The maximum Gasteiger partial charge on any atom is 0.292 e. The Labute approximate surface area is 157 Å². The Kier molecular flexibility index (Phi) is 4.43. The molecule has 126 valence electrons. The number of rotatable bonds is 2. The van der Waals surface area contributed by atoms with E-state index in [0.29, 0.717) is 11.6 Å². The zero-order chi connectivity index (χ0) is 16.7. The lowest BCUT2D eigenvalue weighted by atomic mass is 9.94. The monoisotopic (exact) mass is 424 g/mol. The van der Waals surface area contributed by atoms with E-state index in [1.165, 1.54) is 17.1 Å². The van der Waals surface area contributed by atoms with Gasteiger partial charge in [0.15, 0.2) is 5.76 Å². The van der Waals surface area contributed by atoms with Crippen molar-refractivity contribution in [1.29, 1.82) is 0 Å². The molecule has 0 atom stereocenters. The Hall–Kier alpha value is -0.920. The van der Waals surface area contributed by atoms with Crippen molar-refractivity contribution in [3.63, 3.8) is 0 Å². The van der Waals surface area contributed by atoms with Gasteiger partial charge in [-0.1, -0.05) is 0 Å². The fourth-order valence-electron chi connectivity index (χ4n) is 3.44. The van der Waals surface area contributed by atoms with Crippen molar-refractivity contribution in [1.82, 2.24) is 4.98 Å². The number of hydrogen-bond acceptors (Lipinski definition) is 5. The van der Waals surface area contributed by atoms with Gasteiger partial charge in [-0.25, -0.2) is 4.98 Å². The summed E-state index contributed by atoms with van der Waals surface area (Å²) >= 11 is 7.36. The van der Waals surface area contributed by atoms with Crippen molar-refractivity contribution in [2.24, 2.45) is 0 Å². The smallest absolute Gasteiger partial charge is 0.292 e. The summed E-state index contributed by atoms with van der Waals surface area (Å²) in [4.78, 5) is 16.9. The number of halogens is 1. The fraction of sp³-hybridized carbons (Fsp3) is 0.412. The van der Waals surface area contributed by atoms with Crippen molar-refractivity contribution in [2.45, 2.75) is 30.3 Å². The van der Waals surface area contributed by atoms with Gasteiger partial charge < -0.3 is 9.73 Å². The number of anilines is 1. The number of pyridine rings is 1. The van der Waals surface area contributed by atoms with Crippen molar-refractivity contribution in [3.05, 3.63) is 45.4 Å². The first kappa shape index (κ1) is 16.5. The van der Waals surface area contributed by atoms with Crippen molar-refractivity contribution < 1.29 is 9.21 Å². The Morgan fingerprint density at radius 1 is 1.38 bits per heavy atom. The fourth-order valence-corrected chi connectivity index (χ4v) is 7.23. The van der Waals surface area contributed by atoms with E-state index in [0.717, 1.165) is 35.1 Å². The van der Waals surface area contributed by atoms with Crippen LogP contribution in [0.5, 0.6) is 0 Å². The molecule has 1 aliphatic heterocycles. The molecular formula is C17H17BrN2O2S2. The van der Waals surface area contributed by atoms with Crippen LogP contribution in [0.1, 0.15) is 40.3 Å². The summed E-state index contributed by atoms with van der Waals surface area (Å²) < 4.78 is 6.98. The zero-order valence-corrected chi connectivity index (χ0v) is 16.4. The average Bonchev–Trinajstić information content (AvgIpc) is 3.16.